The summed E-state index contributed by atoms with van der Waals surface area (Å²) < 4.78 is 0.539. The average Bonchev–Trinajstić information content (AvgIpc) is 1.79. The lowest BCUT2D eigenvalue weighted by Crippen LogP contribution is -2.16. The van der Waals surface area contributed by atoms with Gasteiger partial charge in [-0.2, -0.15) is 0 Å². The summed E-state index contributed by atoms with van der Waals surface area (Å²) >= 11 is 3.17. The topological polar surface area (TPSA) is 45.8 Å². The molecule has 1 aromatic heterocycles. The van der Waals surface area contributed by atoms with Crippen LogP contribution in [0, 0.1) is 0 Å². The van der Waals surface area contributed by atoms with Gasteiger partial charge in [0.25, 0.3) is 5.56 Å². The first-order valence-corrected chi connectivity index (χ1v) is 4.82. The Balaban J connectivity index is 2.36. The van der Waals surface area contributed by atoms with E-state index in [0.29, 0.717) is 10.7 Å². The second-order valence-corrected chi connectivity index (χ2v) is 3.84. The third kappa shape index (κ3) is 1.43. The summed E-state index contributed by atoms with van der Waals surface area (Å²) in [6, 6.07) is 1.59. The van der Waals surface area contributed by atoms with E-state index in [1.165, 1.54) is 19.3 Å². The highest BCUT2D eigenvalue weighted by Gasteiger charge is 2.21. The van der Waals surface area contributed by atoms with Gasteiger partial charge in [0.1, 0.15) is 0 Å². The molecule has 0 aromatic carbocycles. The second-order valence-electron chi connectivity index (χ2n) is 3.09. The van der Waals surface area contributed by atoms with E-state index < -0.39 is 0 Å². The molecule has 1 saturated carbocycles. The fourth-order valence-corrected chi connectivity index (χ4v) is 1.76. The Bertz CT molecular complexity index is 343. The van der Waals surface area contributed by atoms with Gasteiger partial charge in [-0.3, -0.25) is 4.79 Å². The van der Waals surface area contributed by atoms with E-state index >= 15 is 0 Å². The van der Waals surface area contributed by atoms with Crippen LogP contribution in [0.5, 0.6) is 0 Å². The van der Waals surface area contributed by atoms with E-state index in [4.69, 9.17) is 0 Å². The van der Waals surface area contributed by atoms with Crippen molar-refractivity contribution in [3.8, 4) is 0 Å². The Kier molecular flexibility index (Phi) is 2.00. The molecule has 0 spiro atoms. The van der Waals surface area contributed by atoms with Gasteiger partial charge in [0.15, 0.2) is 4.73 Å². The summed E-state index contributed by atoms with van der Waals surface area (Å²) in [4.78, 5) is 17.8. The van der Waals surface area contributed by atoms with Crippen molar-refractivity contribution in [2.75, 3.05) is 0 Å². The molecule has 0 radical (unpaired) electrons. The van der Waals surface area contributed by atoms with Crippen LogP contribution in [-0.4, -0.2) is 9.97 Å². The van der Waals surface area contributed by atoms with Crippen molar-refractivity contribution in [3.63, 3.8) is 0 Å². The Morgan fingerprint density at radius 2 is 2.33 bits per heavy atom. The van der Waals surface area contributed by atoms with E-state index in [9.17, 15) is 4.79 Å². The molecule has 2 rings (SSSR count). The fourth-order valence-electron chi connectivity index (χ4n) is 1.36. The molecule has 1 aliphatic carbocycles. The van der Waals surface area contributed by atoms with Gasteiger partial charge in [-0.05, 0) is 28.8 Å². The minimum absolute atomic E-state index is 0.0706. The van der Waals surface area contributed by atoms with Crippen molar-refractivity contribution >= 4 is 15.9 Å². The lowest BCUT2D eigenvalue weighted by molar-refractivity contribution is 0.409. The van der Waals surface area contributed by atoms with Crippen LogP contribution in [0.4, 0.5) is 0 Å². The van der Waals surface area contributed by atoms with E-state index in [0.717, 1.165) is 5.69 Å². The number of hydrogen-bond acceptors (Lipinski definition) is 2. The highest BCUT2D eigenvalue weighted by atomic mass is 79.9. The molecule has 1 aliphatic rings. The zero-order valence-electron chi connectivity index (χ0n) is 6.51. The predicted octanol–water partition coefficient (Wildman–Crippen LogP) is 1.80. The summed E-state index contributed by atoms with van der Waals surface area (Å²) in [5.74, 6) is 0.517. The minimum Gasteiger partial charge on any atom is -0.301 e. The fraction of sp³-hybridized carbons (Fsp3) is 0.500. The smallest absolute Gasteiger partial charge is 0.251 e. The SMILES string of the molecule is O=c1cc(C2CCC2)nc(Br)[nH]1. The number of H-pyrrole nitrogens is 1. The molecule has 0 bridgehead atoms. The Morgan fingerprint density at radius 1 is 1.58 bits per heavy atom. The molecule has 1 aromatic rings. The molecule has 1 heterocycles. The third-order valence-electron chi connectivity index (χ3n) is 2.26. The molecule has 0 unspecified atom stereocenters. The van der Waals surface area contributed by atoms with E-state index in [1.807, 2.05) is 0 Å². The molecule has 4 heteroatoms. The van der Waals surface area contributed by atoms with Crippen LogP contribution in [-0.2, 0) is 0 Å². The Labute approximate surface area is 78.4 Å². The Morgan fingerprint density at radius 3 is 2.83 bits per heavy atom. The van der Waals surface area contributed by atoms with Gasteiger partial charge in [-0.25, -0.2) is 4.98 Å². The van der Waals surface area contributed by atoms with Crippen LogP contribution in [0.3, 0.4) is 0 Å². The maximum atomic E-state index is 11.0. The lowest BCUT2D eigenvalue weighted by Gasteiger charge is -2.24. The number of hydrogen-bond donors (Lipinski definition) is 1. The van der Waals surface area contributed by atoms with Crippen LogP contribution >= 0.6 is 15.9 Å². The number of nitrogens with zero attached hydrogens (tertiary/aromatic N) is 1. The second kappa shape index (κ2) is 3.01. The van der Waals surface area contributed by atoms with Gasteiger partial charge in [0.05, 0.1) is 5.69 Å². The van der Waals surface area contributed by atoms with Gasteiger partial charge in [0, 0.05) is 12.0 Å². The first-order chi connectivity index (χ1) is 5.75. The van der Waals surface area contributed by atoms with Crippen LogP contribution in [0.1, 0.15) is 30.9 Å². The molecule has 0 amide bonds. The molecule has 3 nitrogen and oxygen atoms in total. The molecule has 1 fully saturated rings. The van der Waals surface area contributed by atoms with Crippen LogP contribution in [0.2, 0.25) is 0 Å². The summed E-state index contributed by atoms with van der Waals surface area (Å²) in [7, 11) is 0. The zero-order valence-corrected chi connectivity index (χ0v) is 8.10. The van der Waals surface area contributed by atoms with E-state index in [-0.39, 0.29) is 5.56 Å². The largest absolute Gasteiger partial charge is 0.301 e. The van der Waals surface area contributed by atoms with Crippen molar-refractivity contribution in [3.05, 3.63) is 26.8 Å². The highest BCUT2D eigenvalue weighted by molar-refractivity contribution is 9.10. The first-order valence-electron chi connectivity index (χ1n) is 4.02. The molecule has 64 valence electrons. The average molecular weight is 229 g/mol. The van der Waals surface area contributed by atoms with E-state index in [1.54, 1.807) is 6.07 Å². The summed E-state index contributed by atoms with van der Waals surface area (Å²) in [5, 5.41) is 0. The minimum atomic E-state index is -0.0706. The van der Waals surface area contributed by atoms with Crippen molar-refractivity contribution in [2.24, 2.45) is 0 Å². The van der Waals surface area contributed by atoms with Gasteiger partial charge in [-0.15, -0.1) is 0 Å². The first kappa shape index (κ1) is 7.98. The van der Waals surface area contributed by atoms with Gasteiger partial charge >= 0.3 is 0 Å². The third-order valence-corrected chi connectivity index (χ3v) is 2.63. The molecular formula is C8H9BrN2O. The lowest BCUT2D eigenvalue weighted by atomic mass is 9.83. The van der Waals surface area contributed by atoms with Gasteiger partial charge in [-0.1, -0.05) is 6.42 Å². The normalized spacial score (nSPS) is 17.4. The number of nitrogens with one attached hydrogen (secondary N) is 1. The van der Waals surface area contributed by atoms with Gasteiger partial charge in [0.2, 0.25) is 0 Å². The maximum absolute atomic E-state index is 11.0. The predicted molar refractivity (Wildman–Crippen MR) is 49.1 cm³/mol. The number of aromatic nitrogens is 2. The molecule has 1 N–H and O–H groups in total. The monoisotopic (exact) mass is 228 g/mol. The molecule has 0 atom stereocenters. The molecular weight excluding hydrogens is 220 g/mol. The van der Waals surface area contributed by atoms with E-state index in [2.05, 4.69) is 25.9 Å². The highest BCUT2D eigenvalue weighted by Crippen LogP contribution is 2.34. The summed E-state index contributed by atoms with van der Waals surface area (Å²) in [5.41, 5.74) is 0.857. The quantitative estimate of drug-likeness (QED) is 0.746. The number of aromatic amines is 1. The Hall–Kier alpha value is -0.640. The molecule has 0 aliphatic heterocycles. The van der Waals surface area contributed by atoms with Crippen LogP contribution < -0.4 is 5.56 Å². The van der Waals surface area contributed by atoms with Crippen LogP contribution in [0.25, 0.3) is 0 Å². The maximum Gasteiger partial charge on any atom is 0.251 e. The number of halogens is 1. The molecule has 12 heavy (non-hydrogen) atoms. The van der Waals surface area contributed by atoms with Crippen molar-refractivity contribution in [1.29, 1.82) is 0 Å². The summed E-state index contributed by atoms with van der Waals surface area (Å²) in [6.07, 6.45) is 3.60. The summed E-state index contributed by atoms with van der Waals surface area (Å²) in [6.45, 7) is 0. The van der Waals surface area contributed by atoms with Gasteiger partial charge < -0.3 is 4.98 Å². The zero-order chi connectivity index (χ0) is 8.55. The van der Waals surface area contributed by atoms with Crippen molar-refractivity contribution in [2.45, 2.75) is 25.2 Å². The van der Waals surface area contributed by atoms with Crippen LogP contribution in [0.15, 0.2) is 15.6 Å². The van der Waals surface area contributed by atoms with Crippen molar-refractivity contribution < 1.29 is 0 Å². The molecule has 0 saturated heterocycles. The standard InChI is InChI=1S/C8H9BrN2O/c9-8-10-6(4-7(12)11-8)5-2-1-3-5/h4-5H,1-3H2,(H,10,11,12). The number of rotatable bonds is 1. The van der Waals surface area contributed by atoms with Crippen molar-refractivity contribution in [1.82, 2.24) is 9.97 Å².